The van der Waals surface area contributed by atoms with Gasteiger partial charge in [-0.3, -0.25) is 14.2 Å². The van der Waals surface area contributed by atoms with Crippen LogP contribution in [0.3, 0.4) is 0 Å². The number of hydrogen-bond acceptors (Lipinski definition) is 5. The van der Waals surface area contributed by atoms with Crippen LogP contribution in [-0.2, 0) is 4.79 Å². The molecule has 7 heteroatoms. The summed E-state index contributed by atoms with van der Waals surface area (Å²) in [5.41, 5.74) is 2.52. The summed E-state index contributed by atoms with van der Waals surface area (Å²) < 4.78 is 7.33. The van der Waals surface area contributed by atoms with Crippen LogP contribution in [0.4, 0.5) is 5.82 Å². The molecule has 0 aliphatic carbocycles. The van der Waals surface area contributed by atoms with Gasteiger partial charge in [-0.25, -0.2) is 4.98 Å². The van der Waals surface area contributed by atoms with Gasteiger partial charge in [-0.05, 0) is 30.9 Å². The predicted octanol–water partition coefficient (Wildman–Crippen LogP) is 3.47. The number of amides is 1. The van der Waals surface area contributed by atoms with Gasteiger partial charge in [0.25, 0.3) is 0 Å². The Morgan fingerprint density at radius 1 is 1.38 bits per heavy atom. The van der Waals surface area contributed by atoms with Crippen LogP contribution in [0, 0.1) is 5.92 Å². The molecule has 1 N–H and O–H groups in total. The van der Waals surface area contributed by atoms with Gasteiger partial charge < -0.3 is 15.0 Å². The number of anilines is 1. The average molecular weight is 393 g/mol. The molecule has 1 atom stereocenters. The molecule has 1 fully saturated rings. The summed E-state index contributed by atoms with van der Waals surface area (Å²) in [6.45, 7) is 4.51. The molecular formula is C22H27N5O2. The smallest absolute Gasteiger partial charge is 0.224 e. The highest BCUT2D eigenvalue weighted by Gasteiger charge is 2.21. The van der Waals surface area contributed by atoms with Crippen molar-refractivity contribution >= 4 is 17.4 Å². The van der Waals surface area contributed by atoms with Crippen molar-refractivity contribution < 1.29 is 9.53 Å². The molecule has 4 rings (SSSR count). The Balaban J connectivity index is 1.54. The van der Waals surface area contributed by atoms with E-state index in [1.165, 1.54) is 6.42 Å². The second-order valence-corrected chi connectivity index (χ2v) is 7.61. The number of likely N-dealkylation sites (tertiary alicyclic amines) is 1. The van der Waals surface area contributed by atoms with Crippen LogP contribution in [0.5, 0.6) is 5.75 Å². The molecule has 3 heterocycles. The van der Waals surface area contributed by atoms with E-state index in [0.717, 1.165) is 48.0 Å². The Kier molecular flexibility index (Phi) is 5.64. The number of hydrogen-bond donors (Lipinski definition) is 1. The number of imidazole rings is 1. The van der Waals surface area contributed by atoms with E-state index in [4.69, 9.17) is 9.72 Å². The van der Waals surface area contributed by atoms with Crippen LogP contribution in [0.15, 0.2) is 42.9 Å². The second kappa shape index (κ2) is 8.51. The van der Waals surface area contributed by atoms with Gasteiger partial charge in [-0.15, -0.1) is 0 Å². The third-order valence-electron chi connectivity index (χ3n) is 5.41. The minimum absolute atomic E-state index is 0.211. The van der Waals surface area contributed by atoms with Crippen molar-refractivity contribution in [3.8, 4) is 17.0 Å². The number of rotatable bonds is 6. The standard InChI is InChI=1S/C22H27N5O2/c1-16-5-4-11-26(15-16)20(28)8-9-24-22-21(17-6-3-7-18(13-17)29-2)25-19-14-23-10-12-27(19)22/h3,6-7,10,12-14,16,24H,4-5,8-9,11,15H2,1-2H3/t16-/m1/s1. The Morgan fingerprint density at radius 2 is 2.28 bits per heavy atom. The molecule has 7 nitrogen and oxygen atoms in total. The first kappa shape index (κ1) is 19.2. The molecule has 1 aliphatic rings. The fraction of sp³-hybridized carbons (Fsp3) is 0.409. The quantitative estimate of drug-likeness (QED) is 0.694. The van der Waals surface area contributed by atoms with Crippen LogP contribution in [0.25, 0.3) is 16.9 Å². The van der Waals surface area contributed by atoms with E-state index >= 15 is 0 Å². The van der Waals surface area contributed by atoms with Gasteiger partial charge in [0.1, 0.15) is 17.3 Å². The molecule has 1 aliphatic heterocycles. The number of aromatic nitrogens is 3. The first-order valence-corrected chi connectivity index (χ1v) is 10.1. The zero-order valence-corrected chi connectivity index (χ0v) is 17.0. The molecule has 152 valence electrons. The number of carbonyl (C=O) groups is 1. The molecular weight excluding hydrogens is 366 g/mol. The zero-order chi connectivity index (χ0) is 20.2. The fourth-order valence-corrected chi connectivity index (χ4v) is 3.91. The van der Waals surface area contributed by atoms with E-state index in [1.807, 2.05) is 39.8 Å². The van der Waals surface area contributed by atoms with Gasteiger partial charge in [-0.1, -0.05) is 19.1 Å². The van der Waals surface area contributed by atoms with Gasteiger partial charge in [0.05, 0.1) is 13.3 Å². The lowest BCUT2D eigenvalue weighted by molar-refractivity contribution is -0.132. The van der Waals surface area contributed by atoms with Gasteiger partial charge in [0.15, 0.2) is 5.65 Å². The summed E-state index contributed by atoms with van der Waals surface area (Å²) >= 11 is 0. The second-order valence-electron chi connectivity index (χ2n) is 7.61. The lowest BCUT2D eigenvalue weighted by Crippen LogP contribution is -2.39. The minimum Gasteiger partial charge on any atom is -0.497 e. The zero-order valence-electron chi connectivity index (χ0n) is 17.0. The first-order valence-electron chi connectivity index (χ1n) is 10.1. The maximum Gasteiger partial charge on any atom is 0.224 e. The largest absolute Gasteiger partial charge is 0.497 e. The topological polar surface area (TPSA) is 71.8 Å². The van der Waals surface area contributed by atoms with Crippen LogP contribution in [0.2, 0.25) is 0 Å². The number of carbonyl (C=O) groups excluding carboxylic acids is 1. The van der Waals surface area contributed by atoms with Crippen LogP contribution in [0.1, 0.15) is 26.2 Å². The van der Waals surface area contributed by atoms with Crippen molar-refractivity contribution in [1.29, 1.82) is 0 Å². The fourth-order valence-electron chi connectivity index (χ4n) is 3.91. The van der Waals surface area contributed by atoms with E-state index in [1.54, 1.807) is 19.5 Å². The highest BCUT2D eigenvalue weighted by molar-refractivity contribution is 5.79. The van der Waals surface area contributed by atoms with Gasteiger partial charge >= 0.3 is 0 Å². The van der Waals surface area contributed by atoms with E-state index in [0.29, 0.717) is 18.9 Å². The number of piperidine rings is 1. The van der Waals surface area contributed by atoms with Crippen molar-refractivity contribution in [2.45, 2.75) is 26.2 Å². The predicted molar refractivity (Wildman–Crippen MR) is 113 cm³/mol. The molecule has 29 heavy (non-hydrogen) atoms. The Labute approximate surface area is 170 Å². The number of nitrogens with zero attached hydrogens (tertiary/aromatic N) is 4. The average Bonchev–Trinajstić information content (AvgIpc) is 3.12. The van der Waals surface area contributed by atoms with Crippen LogP contribution >= 0.6 is 0 Å². The van der Waals surface area contributed by atoms with Crippen molar-refractivity contribution in [2.24, 2.45) is 5.92 Å². The molecule has 3 aromatic rings. The molecule has 1 amide bonds. The summed E-state index contributed by atoms with van der Waals surface area (Å²) in [6.07, 6.45) is 8.11. The molecule has 0 spiro atoms. The molecule has 2 aromatic heterocycles. The monoisotopic (exact) mass is 393 g/mol. The van der Waals surface area contributed by atoms with E-state index < -0.39 is 0 Å². The van der Waals surface area contributed by atoms with E-state index in [2.05, 4.69) is 17.2 Å². The van der Waals surface area contributed by atoms with Gasteiger partial charge in [0.2, 0.25) is 5.91 Å². The Morgan fingerprint density at radius 3 is 3.10 bits per heavy atom. The molecule has 0 unspecified atom stereocenters. The molecule has 0 radical (unpaired) electrons. The van der Waals surface area contributed by atoms with Crippen molar-refractivity contribution in [3.05, 3.63) is 42.9 Å². The van der Waals surface area contributed by atoms with Crippen molar-refractivity contribution in [3.63, 3.8) is 0 Å². The van der Waals surface area contributed by atoms with E-state index in [-0.39, 0.29) is 5.91 Å². The summed E-state index contributed by atoms with van der Waals surface area (Å²) in [7, 11) is 1.65. The van der Waals surface area contributed by atoms with E-state index in [9.17, 15) is 4.79 Å². The minimum atomic E-state index is 0.211. The third kappa shape index (κ3) is 4.18. The molecule has 1 saturated heterocycles. The van der Waals surface area contributed by atoms with Crippen LogP contribution < -0.4 is 10.1 Å². The Bertz CT molecular complexity index is 1000. The number of fused-ring (bicyclic) bond motifs is 1. The SMILES string of the molecule is COc1cccc(-c2nc3cnccn3c2NCCC(=O)N2CCC[C@@H](C)C2)c1. The summed E-state index contributed by atoms with van der Waals surface area (Å²) in [4.78, 5) is 23.5. The summed E-state index contributed by atoms with van der Waals surface area (Å²) in [5.74, 6) is 2.43. The molecule has 1 aromatic carbocycles. The summed E-state index contributed by atoms with van der Waals surface area (Å²) in [5, 5.41) is 3.44. The summed E-state index contributed by atoms with van der Waals surface area (Å²) in [6, 6.07) is 7.82. The maximum atomic E-state index is 12.6. The highest BCUT2D eigenvalue weighted by atomic mass is 16.5. The number of benzene rings is 1. The Hall–Kier alpha value is -3.09. The number of methoxy groups -OCH3 is 1. The third-order valence-corrected chi connectivity index (χ3v) is 5.41. The lowest BCUT2D eigenvalue weighted by atomic mass is 10.00. The molecule has 0 bridgehead atoms. The number of nitrogens with one attached hydrogen (secondary N) is 1. The maximum absolute atomic E-state index is 12.6. The van der Waals surface area contributed by atoms with Gasteiger partial charge in [0, 0.05) is 44.0 Å². The normalized spacial score (nSPS) is 16.8. The number of ether oxygens (including phenoxy) is 1. The highest BCUT2D eigenvalue weighted by Crippen LogP contribution is 2.30. The first-order chi connectivity index (χ1) is 14.2. The van der Waals surface area contributed by atoms with Crippen molar-refractivity contribution in [1.82, 2.24) is 19.3 Å². The van der Waals surface area contributed by atoms with Crippen molar-refractivity contribution in [2.75, 3.05) is 32.1 Å². The van der Waals surface area contributed by atoms with Crippen LogP contribution in [-0.4, -0.2) is 51.9 Å². The van der Waals surface area contributed by atoms with Gasteiger partial charge in [-0.2, -0.15) is 0 Å². The lowest BCUT2D eigenvalue weighted by Gasteiger charge is -2.31. The molecule has 0 saturated carbocycles.